The van der Waals surface area contributed by atoms with Crippen molar-refractivity contribution in [2.24, 2.45) is 11.3 Å². The predicted octanol–water partition coefficient (Wildman–Crippen LogP) is 2.02. The molecule has 3 rings (SSSR count). The highest BCUT2D eigenvalue weighted by Gasteiger charge is 2.34. The van der Waals surface area contributed by atoms with Crippen LogP contribution in [0.4, 0.5) is 0 Å². The Morgan fingerprint density at radius 3 is 3.00 bits per heavy atom. The van der Waals surface area contributed by atoms with Gasteiger partial charge in [0.05, 0.1) is 12.5 Å². The molecule has 132 valence electrons. The van der Waals surface area contributed by atoms with Crippen LogP contribution in [0.5, 0.6) is 5.75 Å². The molecule has 6 heteroatoms. The molecule has 0 bridgehead atoms. The van der Waals surface area contributed by atoms with E-state index in [4.69, 9.17) is 21.1 Å². The molecule has 2 aliphatic heterocycles. The maximum Gasteiger partial charge on any atom is 0.226 e. The molecule has 24 heavy (non-hydrogen) atoms. The average molecular weight is 353 g/mol. The van der Waals surface area contributed by atoms with Gasteiger partial charge in [0.2, 0.25) is 5.91 Å². The summed E-state index contributed by atoms with van der Waals surface area (Å²) in [5, 5.41) is 7.17. The number of amides is 1. The van der Waals surface area contributed by atoms with Gasteiger partial charge in [-0.1, -0.05) is 11.6 Å². The minimum absolute atomic E-state index is 0.0341. The minimum Gasteiger partial charge on any atom is -0.492 e. The third-order valence-corrected chi connectivity index (χ3v) is 5.29. The Balaban J connectivity index is 1.59. The molecule has 0 spiro atoms. The fourth-order valence-electron chi connectivity index (χ4n) is 3.59. The summed E-state index contributed by atoms with van der Waals surface area (Å²) in [6.45, 7) is 3.68. The molecule has 2 aliphatic rings. The lowest BCUT2D eigenvalue weighted by Gasteiger charge is -2.37. The molecule has 2 N–H and O–H groups in total. The number of rotatable bonds is 5. The molecule has 2 heterocycles. The first kappa shape index (κ1) is 17.5. The van der Waals surface area contributed by atoms with Crippen LogP contribution in [-0.2, 0) is 16.0 Å². The Morgan fingerprint density at radius 1 is 1.46 bits per heavy atom. The van der Waals surface area contributed by atoms with Crippen LogP contribution in [0.2, 0.25) is 5.02 Å². The zero-order chi connectivity index (χ0) is 17.0. The zero-order valence-electron chi connectivity index (χ0n) is 14.1. The highest BCUT2D eigenvalue weighted by Crippen LogP contribution is 2.31. The Kier molecular flexibility index (Phi) is 5.64. The van der Waals surface area contributed by atoms with Gasteiger partial charge in [-0.25, -0.2) is 0 Å². The number of piperidine rings is 1. The van der Waals surface area contributed by atoms with E-state index in [2.05, 4.69) is 10.6 Å². The lowest BCUT2D eigenvalue weighted by Crippen LogP contribution is -2.49. The van der Waals surface area contributed by atoms with E-state index < -0.39 is 0 Å². The number of ether oxygens (including phenoxy) is 2. The van der Waals surface area contributed by atoms with E-state index in [9.17, 15) is 4.79 Å². The van der Waals surface area contributed by atoms with E-state index in [0.717, 1.165) is 37.2 Å². The summed E-state index contributed by atoms with van der Waals surface area (Å²) in [6, 6.07) is 5.57. The monoisotopic (exact) mass is 352 g/mol. The third-order valence-electron chi connectivity index (χ3n) is 5.05. The summed E-state index contributed by atoms with van der Waals surface area (Å²) in [4.78, 5) is 12.6. The van der Waals surface area contributed by atoms with Crippen molar-refractivity contribution in [1.82, 2.24) is 10.6 Å². The number of fused-ring (bicyclic) bond motifs is 1. The minimum atomic E-state index is -0.169. The van der Waals surface area contributed by atoms with Gasteiger partial charge in [-0.2, -0.15) is 0 Å². The van der Waals surface area contributed by atoms with Crippen LogP contribution in [-0.4, -0.2) is 45.9 Å². The van der Waals surface area contributed by atoms with Crippen molar-refractivity contribution in [2.45, 2.75) is 19.3 Å². The second-order valence-corrected chi connectivity index (χ2v) is 7.30. The number of benzene rings is 1. The van der Waals surface area contributed by atoms with Crippen LogP contribution >= 0.6 is 11.6 Å². The Hall–Kier alpha value is -1.30. The highest BCUT2D eigenvalue weighted by atomic mass is 35.5. The topological polar surface area (TPSA) is 59.6 Å². The number of nitrogens with one attached hydrogen (secondary N) is 2. The molecule has 1 atom stereocenters. The molecule has 1 aromatic carbocycles. The summed E-state index contributed by atoms with van der Waals surface area (Å²) < 4.78 is 11.1. The standard InChI is InChI=1S/C18H25ClN2O3/c1-23-12-18(4-6-20-7-5-18)11-21-17(22)14-8-13-9-15(19)2-3-16(13)24-10-14/h2-3,9,14,20H,4-8,10-12H2,1H3,(H,21,22). The Bertz CT molecular complexity index is 582. The van der Waals surface area contributed by atoms with Crippen LogP contribution in [0.25, 0.3) is 0 Å². The Labute approximate surface area is 148 Å². The molecule has 1 aromatic rings. The van der Waals surface area contributed by atoms with Crippen LogP contribution in [0, 0.1) is 11.3 Å². The van der Waals surface area contributed by atoms with Gasteiger partial charge in [-0.15, -0.1) is 0 Å². The van der Waals surface area contributed by atoms with Crippen molar-refractivity contribution >= 4 is 17.5 Å². The molecule has 0 saturated carbocycles. The first-order valence-corrected chi connectivity index (χ1v) is 8.88. The zero-order valence-corrected chi connectivity index (χ0v) is 14.8. The van der Waals surface area contributed by atoms with E-state index in [1.165, 1.54) is 0 Å². The average Bonchev–Trinajstić information content (AvgIpc) is 2.60. The summed E-state index contributed by atoms with van der Waals surface area (Å²) in [5.74, 6) is 0.713. The molecular weight excluding hydrogens is 328 g/mol. The molecule has 1 amide bonds. The number of hydrogen-bond donors (Lipinski definition) is 2. The highest BCUT2D eigenvalue weighted by molar-refractivity contribution is 6.30. The van der Waals surface area contributed by atoms with Gasteiger partial charge >= 0.3 is 0 Å². The first-order valence-electron chi connectivity index (χ1n) is 8.50. The van der Waals surface area contributed by atoms with Crippen molar-refractivity contribution in [2.75, 3.05) is 40.0 Å². The van der Waals surface area contributed by atoms with Crippen molar-refractivity contribution in [1.29, 1.82) is 0 Å². The smallest absolute Gasteiger partial charge is 0.226 e. The molecule has 1 saturated heterocycles. The molecule has 1 unspecified atom stereocenters. The first-order chi connectivity index (χ1) is 11.6. The van der Waals surface area contributed by atoms with E-state index in [1.54, 1.807) is 7.11 Å². The molecular formula is C18H25ClN2O3. The SMILES string of the molecule is COCC1(CNC(=O)C2COc3ccc(Cl)cc3C2)CCNCC1. The summed E-state index contributed by atoms with van der Waals surface area (Å²) in [6.07, 6.45) is 2.70. The lowest BCUT2D eigenvalue weighted by molar-refractivity contribution is -0.127. The van der Waals surface area contributed by atoms with E-state index in [1.807, 2.05) is 18.2 Å². The number of carbonyl (C=O) groups is 1. The molecule has 5 nitrogen and oxygen atoms in total. The number of methoxy groups -OCH3 is 1. The van der Waals surface area contributed by atoms with Crippen LogP contribution in [0.1, 0.15) is 18.4 Å². The van der Waals surface area contributed by atoms with Crippen molar-refractivity contribution < 1.29 is 14.3 Å². The van der Waals surface area contributed by atoms with Crippen LogP contribution < -0.4 is 15.4 Å². The summed E-state index contributed by atoms with van der Waals surface area (Å²) >= 11 is 6.04. The van der Waals surface area contributed by atoms with Gasteiger partial charge in [0.25, 0.3) is 0 Å². The summed E-state index contributed by atoms with van der Waals surface area (Å²) in [7, 11) is 1.72. The van der Waals surface area contributed by atoms with Crippen LogP contribution in [0.3, 0.4) is 0 Å². The van der Waals surface area contributed by atoms with Crippen molar-refractivity contribution in [3.8, 4) is 5.75 Å². The fraction of sp³-hybridized carbons (Fsp3) is 0.611. The maximum atomic E-state index is 12.6. The molecule has 0 aliphatic carbocycles. The van der Waals surface area contributed by atoms with Gasteiger partial charge in [-0.3, -0.25) is 4.79 Å². The van der Waals surface area contributed by atoms with Gasteiger partial charge in [0, 0.05) is 24.1 Å². The van der Waals surface area contributed by atoms with E-state index in [-0.39, 0.29) is 17.2 Å². The van der Waals surface area contributed by atoms with Crippen molar-refractivity contribution in [3.63, 3.8) is 0 Å². The van der Waals surface area contributed by atoms with Gasteiger partial charge in [0.15, 0.2) is 0 Å². The summed E-state index contributed by atoms with van der Waals surface area (Å²) in [5.41, 5.74) is 1.04. The molecule has 1 fully saturated rings. The Morgan fingerprint density at radius 2 is 2.25 bits per heavy atom. The fourth-order valence-corrected chi connectivity index (χ4v) is 3.78. The quantitative estimate of drug-likeness (QED) is 0.851. The van der Waals surface area contributed by atoms with Crippen LogP contribution in [0.15, 0.2) is 18.2 Å². The molecule has 0 radical (unpaired) electrons. The largest absolute Gasteiger partial charge is 0.492 e. The second kappa shape index (κ2) is 7.72. The predicted molar refractivity (Wildman–Crippen MR) is 93.6 cm³/mol. The normalized spacial score (nSPS) is 22.3. The second-order valence-electron chi connectivity index (χ2n) is 6.86. The lowest BCUT2D eigenvalue weighted by atomic mass is 9.79. The number of halogens is 1. The number of carbonyl (C=O) groups excluding carboxylic acids is 1. The maximum absolute atomic E-state index is 12.6. The van der Waals surface area contributed by atoms with Gasteiger partial charge in [-0.05, 0) is 56.1 Å². The van der Waals surface area contributed by atoms with E-state index in [0.29, 0.717) is 31.2 Å². The van der Waals surface area contributed by atoms with Crippen molar-refractivity contribution in [3.05, 3.63) is 28.8 Å². The number of hydrogen-bond acceptors (Lipinski definition) is 4. The third kappa shape index (κ3) is 4.02. The van der Waals surface area contributed by atoms with Gasteiger partial charge in [0.1, 0.15) is 12.4 Å². The van der Waals surface area contributed by atoms with Gasteiger partial charge < -0.3 is 20.1 Å². The van der Waals surface area contributed by atoms with E-state index >= 15 is 0 Å². The molecule has 0 aromatic heterocycles.